The first-order valence-electron chi connectivity index (χ1n) is 9.40. The van der Waals surface area contributed by atoms with Crippen LogP contribution in [0.25, 0.3) is 11.0 Å². The number of hydrogen-bond acceptors (Lipinski definition) is 4. The molecule has 146 valence electrons. The zero-order chi connectivity index (χ0) is 19.6. The molecule has 3 rings (SSSR count). The van der Waals surface area contributed by atoms with E-state index in [1.54, 1.807) is 4.90 Å². The van der Waals surface area contributed by atoms with Gasteiger partial charge in [-0.3, -0.25) is 4.79 Å². The molecule has 1 N–H and O–H groups in total. The van der Waals surface area contributed by atoms with Crippen LogP contribution in [0.3, 0.4) is 0 Å². The van der Waals surface area contributed by atoms with Gasteiger partial charge in [0.2, 0.25) is 5.91 Å². The highest BCUT2D eigenvalue weighted by atomic mass is 16.6. The van der Waals surface area contributed by atoms with E-state index in [0.717, 1.165) is 29.7 Å². The number of ether oxygens (including phenoxy) is 1. The minimum Gasteiger partial charge on any atom is -0.444 e. The van der Waals surface area contributed by atoms with Gasteiger partial charge in [0.05, 0.1) is 23.5 Å². The molecule has 1 aliphatic heterocycles. The van der Waals surface area contributed by atoms with E-state index < -0.39 is 5.60 Å². The van der Waals surface area contributed by atoms with E-state index in [4.69, 9.17) is 4.74 Å². The second-order valence-corrected chi connectivity index (χ2v) is 8.06. The normalized spacial score (nSPS) is 17.8. The van der Waals surface area contributed by atoms with Gasteiger partial charge in [-0.05, 0) is 45.7 Å². The molecule has 1 aromatic heterocycles. The number of benzene rings is 1. The Morgan fingerprint density at radius 2 is 2.04 bits per heavy atom. The van der Waals surface area contributed by atoms with Crippen LogP contribution in [0.2, 0.25) is 0 Å². The van der Waals surface area contributed by atoms with E-state index in [2.05, 4.69) is 10.3 Å². The van der Waals surface area contributed by atoms with Crippen molar-refractivity contribution in [2.75, 3.05) is 13.1 Å². The lowest BCUT2D eigenvalue weighted by atomic mass is 9.97. The van der Waals surface area contributed by atoms with Gasteiger partial charge in [0.25, 0.3) is 0 Å². The number of fused-ring (bicyclic) bond motifs is 1. The van der Waals surface area contributed by atoms with Crippen LogP contribution in [-0.4, -0.2) is 45.1 Å². The molecule has 0 bridgehead atoms. The molecular weight excluding hydrogens is 344 g/mol. The van der Waals surface area contributed by atoms with Crippen LogP contribution in [0.5, 0.6) is 0 Å². The molecule has 1 atom stereocenters. The molecule has 7 heteroatoms. The molecule has 1 unspecified atom stereocenters. The lowest BCUT2D eigenvalue weighted by Gasteiger charge is -2.33. The topological polar surface area (TPSA) is 76.5 Å². The number of carbonyl (C=O) groups is 2. The predicted molar refractivity (Wildman–Crippen MR) is 103 cm³/mol. The van der Waals surface area contributed by atoms with Crippen molar-refractivity contribution in [3.63, 3.8) is 0 Å². The quantitative estimate of drug-likeness (QED) is 0.899. The van der Waals surface area contributed by atoms with Gasteiger partial charge in [-0.2, -0.15) is 0 Å². The number of rotatable bonds is 3. The van der Waals surface area contributed by atoms with Crippen LogP contribution in [0, 0.1) is 5.92 Å². The highest BCUT2D eigenvalue weighted by molar-refractivity contribution is 5.80. The summed E-state index contributed by atoms with van der Waals surface area (Å²) in [5, 5.41) is 2.98. The summed E-state index contributed by atoms with van der Waals surface area (Å²) in [5.74, 6) is 0.542. The first kappa shape index (κ1) is 19.2. The van der Waals surface area contributed by atoms with Gasteiger partial charge in [0.15, 0.2) is 0 Å². The Bertz CT molecular complexity index is 837. The molecule has 2 amide bonds. The Labute approximate surface area is 159 Å². The van der Waals surface area contributed by atoms with Crippen molar-refractivity contribution < 1.29 is 14.3 Å². The Morgan fingerprint density at radius 3 is 2.74 bits per heavy atom. The molecule has 0 spiro atoms. The maximum Gasteiger partial charge on any atom is 0.410 e. The van der Waals surface area contributed by atoms with Crippen molar-refractivity contribution in [2.45, 2.75) is 45.8 Å². The molecule has 27 heavy (non-hydrogen) atoms. The van der Waals surface area contributed by atoms with E-state index in [9.17, 15) is 9.59 Å². The smallest absolute Gasteiger partial charge is 0.410 e. The minimum absolute atomic E-state index is 0.0460. The summed E-state index contributed by atoms with van der Waals surface area (Å²) >= 11 is 0. The molecule has 1 fully saturated rings. The van der Waals surface area contributed by atoms with Gasteiger partial charge >= 0.3 is 6.09 Å². The molecule has 1 saturated heterocycles. The third kappa shape index (κ3) is 4.59. The van der Waals surface area contributed by atoms with Crippen LogP contribution in [0.4, 0.5) is 4.79 Å². The third-order valence-corrected chi connectivity index (χ3v) is 4.74. The van der Waals surface area contributed by atoms with Crippen LogP contribution in [0.1, 0.15) is 39.4 Å². The zero-order valence-corrected chi connectivity index (χ0v) is 16.5. The van der Waals surface area contributed by atoms with Crippen molar-refractivity contribution in [1.82, 2.24) is 19.8 Å². The minimum atomic E-state index is -0.535. The standard InChI is InChI=1S/C20H28N4O3/c1-20(2,3)27-19(26)24-11-7-8-14(13-24)18(25)21-12-17-22-15-9-5-6-10-16(15)23(17)4/h5-6,9-10,14H,7-8,11-13H2,1-4H3,(H,21,25). The van der Waals surface area contributed by atoms with Gasteiger partial charge in [-0.1, -0.05) is 12.1 Å². The van der Waals surface area contributed by atoms with Crippen molar-refractivity contribution in [2.24, 2.45) is 13.0 Å². The highest BCUT2D eigenvalue weighted by Crippen LogP contribution is 2.20. The molecule has 0 saturated carbocycles. The van der Waals surface area contributed by atoms with E-state index in [1.165, 1.54) is 0 Å². The number of aryl methyl sites for hydroxylation is 1. The van der Waals surface area contributed by atoms with E-state index in [-0.39, 0.29) is 17.9 Å². The maximum atomic E-state index is 12.6. The summed E-state index contributed by atoms with van der Waals surface area (Å²) in [6.07, 6.45) is 1.22. The monoisotopic (exact) mass is 372 g/mol. The van der Waals surface area contributed by atoms with Crippen molar-refractivity contribution >= 4 is 23.0 Å². The molecule has 7 nitrogen and oxygen atoms in total. The maximum absolute atomic E-state index is 12.6. The predicted octanol–water partition coefficient (Wildman–Crippen LogP) is 2.84. The van der Waals surface area contributed by atoms with E-state index in [0.29, 0.717) is 19.6 Å². The van der Waals surface area contributed by atoms with Crippen LogP contribution in [-0.2, 0) is 23.1 Å². The van der Waals surface area contributed by atoms with Crippen LogP contribution >= 0.6 is 0 Å². The Hall–Kier alpha value is -2.57. The molecule has 2 aromatic rings. The Morgan fingerprint density at radius 1 is 1.30 bits per heavy atom. The summed E-state index contributed by atoms with van der Waals surface area (Å²) in [6.45, 7) is 6.92. The lowest BCUT2D eigenvalue weighted by molar-refractivity contribution is -0.126. The first-order chi connectivity index (χ1) is 12.7. The first-order valence-corrected chi connectivity index (χ1v) is 9.40. The van der Waals surface area contributed by atoms with Gasteiger partial charge < -0.3 is 19.5 Å². The molecule has 0 radical (unpaired) electrons. The average Bonchev–Trinajstić information content (AvgIpc) is 2.94. The summed E-state index contributed by atoms with van der Waals surface area (Å²) in [6, 6.07) is 7.89. The number of imidazole rings is 1. The summed E-state index contributed by atoms with van der Waals surface area (Å²) in [7, 11) is 1.95. The van der Waals surface area contributed by atoms with Crippen molar-refractivity contribution in [3.8, 4) is 0 Å². The van der Waals surface area contributed by atoms with Gasteiger partial charge in [0.1, 0.15) is 11.4 Å². The molecule has 2 heterocycles. The Kier molecular flexibility index (Phi) is 5.39. The number of amides is 2. The average molecular weight is 372 g/mol. The second-order valence-electron chi connectivity index (χ2n) is 8.06. The third-order valence-electron chi connectivity index (χ3n) is 4.74. The number of hydrogen-bond donors (Lipinski definition) is 1. The number of para-hydroxylation sites is 2. The molecule has 1 aliphatic rings. The summed E-state index contributed by atoms with van der Waals surface area (Å²) in [5.41, 5.74) is 1.42. The lowest BCUT2D eigenvalue weighted by Crippen LogP contribution is -2.47. The summed E-state index contributed by atoms with van der Waals surface area (Å²) in [4.78, 5) is 31.1. The largest absolute Gasteiger partial charge is 0.444 e. The van der Waals surface area contributed by atoms with Gasteiger partial charge in [-0.25, -0.2) is 9.78 Å². The van der Waals surface area contributed by atoms with Crippen LogP contribution in [0.15, 0.2) is 24.3 Å². The van der Waals surface area contributed by atoms with Crippen molar-refractivity contribution in [1.29, 1.82) is 0 Å². The number of aromatic nitrogens is 2. The SMILES string of the molecule is Cn1c(CNC(=O)C2CCCN(C(=O)OC(C)(C)C)C2)nc2ccccc21. The van der Waals surface area contributed by atoms with E-state index in [1.807, 2.05) is 56.7 Å². The second kappa shape index (κ2) is 7.58. The fourth-order valence-electron chi connectivity index (χ4n) is 3.35. The molecule has 1 aromatic carbocycles. The molecular formula is C20H28N4O3. The van der Waals surface area contributed by atoms with E-state index >= 15 is 0 Å². The number of nitrogens with one attached hydrogen (secondary N) is 1. The number of likely N-dealkylation sites (tertiary alicyclic amines) is 1. The number of nitrogens with zero attached hydrogens (tertiary/aromatic N) is 3. The fraction of sp³-hybridized carbons (Fsp3) is 0.550. The van der Waals surface area contributed by atoms with Crippen LogP contribution < -0.4 is 5.32 Å². The van der Waals surface area contributed by atoms with Gasteiger partial charge in [0, 0.05) is 20.1 Å². The summed E-state index contributed by atoms with van der Waals surface area (Å²) < 4.78 is 7.42. The molecule has 0 aliphatic carbocycles. The number of piperidine rings is 1. The highest BCUT2D eigenvalue weighted by Gasteiger charge is 2.31. The zero-order valence-electron chi connectivity index (χ0n) is 16.5. The number of carbonyl (C=O) groups excluding carboxylic acids is 2. The fourth-order valence-corrected chi connectivity index (χ4v) is 3.35. The van der Waals surface area contributed by atoms with Gasteiger partial charge in [-0.15, -0.1) is 0 Å². The van der Waals surface area contributed by atoms with Crippen molar-refractivity contribution in [3.05, 3.63) is 30.1 Å². The Balaban J connectivity index is 1.58.